The van der Waals surface area contributed by atoms with Crippen LogP contribution in [0.25, 0.3) is 0 Å². The molecule has 118 valence electrons. The SMILES string of the molecule is CNc1nc(SCc2cccs2)nc(N2CCOCC2)c1N. The molecule has 0 spiro atoms. The van der Waals surface area contributed by atoms with E-state index in [2.05, 4.69) is 37.7 Å². The van der Waals surface area contributed by atoms with Gasteiger partial charge in [-0.05, 0) is 11.4 Å². The Morgan fingerprint density at radius 2 is 2.23 bits per heavy atom. The van der Waals surface area contributed by atoms with Gasteiger partial charge < -0.3 is 20.7 Å². The molecule has 6 nitrogen and oxygen atoms in total. The van der Waals surface area contributed by atoms with E-state index in [9.17, 15) is 0 Å². The van der Waals surface area contributed by atoms with Crippen molar-refractivity contribution in [2.75, 3.05) is 49.3 Å². The van der Waals surface area contributed by atoms with E-state index in [1.807, 2.05) is 7.05 Å². The van der Waals surface area contributed by atoms with E-state index >= 15 is 0 Å². The minimum Gasteiger partial charge on any atom is -0.393 e. The molecule has 1 saturated heterocycles. The van der Waals surface area contributed by atoms with Gasteiger partial charge in [-0.15, -0.1) is 11.3 Å². The van der Waals surface area contributed by atoms with E-state index in [4.69, 9.17) is 10.5 Å². The summed E-state index contributed by atoms with van der Waals surface area (Å²) in [6.45, 7) is 3.02. The Hall–Kier alpha value is -1.51. The molecule has 1 aliphatic rings. The highest BCUT2D eigenvalue weighted by molar-refractivity contribution is 7.98. The fraction of sp³-hybridized carbons (Fsp3) is 0.429. The molecule has 3 rings (SSSR count). The van der Waals surface area contributed by atoms with Crippen LogP contribution in [0.5, 0.6) is 0 Å². The number of morpholine rings is 1. The van der Waals surface area contributed by atoms with Crippen molar-refractivity contribution in [2.24, 2.45) is 0 Å². The van der Waals surface area contributed by atoms with Gasteiger partial charge in [0.2, 0.25) is 0 Å². The van der Waals surface area contributed by atoms with Gasteiger partial charge in [0.05, 0.1) is 13.2 Å². The lowest BCUT2D eigenvalue weighted by Crippen LogP contribution is -2.37. The third-order valence-corrected chi connectivity index (χ3v) is 5.33. The van der Waals surface area contributed by atoms with E-state index < -0.39 is 0 Å². The summed E-state index contributed by atoms with van der Waals surface area (Å²) < 4.78 is 5.40. The fourth-order valence-electron chi connectivity index (χ4n) is 2.24. The first-order valence-electron chi connectivity index (χ1n) is 7.11. The molecule has 0 aliphatic carbocycles. The highest BCUT2D eigenvalue weighted by atomic mass is 32.2. The van der Waals surface area contributed by atoms with Gasteiger partial charge in [-0.3, -0.25) is 0 Å². The summed E-state index contributed by atoms with van der Waals surface area (Å²) in [4.78, 5) is 12.6. The number of hydrogen-bond donors (Lipinski definition) is 2. The molecule has 3 heterocycles. The lowest BCUT2D eigenvalue weighted by Gasteiger charge is -2.29. The highest BCUT2D eigenvalue weighted by Gasteiger charge is 2.19. The van der Waals surface area contributed by atoms with Crippen molar-refractivity contribution < 1.29 is 4.74 Å². The molecule has 0 radical (unpaired) electrons. The summed E-state index contributed by atoms with van der Waals surface area (Å²) in [6, 6.07) is 4.18. The molecule has 1 fully saturated rings. The molecule has 0 bridgehead atoms. The van der Waals surface area contributed by atoms with Gasteiger partial charge in [0.1, 0.15) is 5.69 Å². The topological polar surface area (TPSA) is 76.3 Å². The molecular weight excluding hydrogens is 318 g/mol. The summed E-state index contributed by atoms with van der Waals surface area (Å²) in [5.41, 5.74) is 6.81. The van der Waals surface area contributed by atoms with Gasteiger partial charge in [0.25, 0.3) is 0 Å². The first-order chi connectivity index (χ1) is 10.8. The van der Waals surface area contributed by atoms with Gasteiger partial charge in [-0.2, -0.15) is 0 Å². The maximum Gasteiger partial charge on any atom is 0.191 e. The molecule has 0 atom stereocenters. The first kappa shape index (κ1) is 15.4. The number of ether oxygens (including phenoxy) is 1. The molecule has 22 heavy (non-hydrogen) atoms. The zero-order valence-corrected chi connectivity index (χ0v) is 14.0. The second kappa shape index (κ2) is 7.17. The summed E-state index contributed by atoms with van der Waals surface area (Å²) in [7, 11) is 1.83. The average Bonchev–Trinajstić information content (AvgIpc) is 3.08. The number of nitrogens with zero attached hydrogens (tertiary/aromatic N) is 3. The molecule has 2 aromatic heterocycles. The molecule has 0 amide bonds. The minimum absolute atomic E-state index is 0.602. The number of thiophene rings is 1. The largest absolute Gasteiger partial charge is 0.393 e. The van der Waals surface area contributed by atoms with Crippen molar-refractivity contribution >= 4 is 40.4 Å². The average molecular weight is 337 g/mol. The van der Waals surface area contributed by atoms with Gasteiger partial charge in [-0.1, -0.05) is 17.8 Å². The zero-order chi connectivity index (χ0) is 15.4. The van der Waals surface area contributed by atoms with Crippen LogP contribution in [-0.2, 0) is 10.5 Å². The van der Waals surface area contributed by atoms with Crippen molar-refractivity contribution in [2.45, 2.75) is 10.9 Å². The van der Waals surface area contributed by atoms with Crippen LogP contribution in [0.3, 0.4) is 0 Å². The monoisotopic (exact) mass is 337 g/mol. The minimum atomic E-state index is 0.602. The van der Waals surface area contributed by atoms with Crippen LogP contribution in [0.15, 0.2) is 22.7 Å². The number of aromatic nitrogens is 2. The molecule has 0 saturated carbocycles. The molecule has 1 aliphatic heterocycles. The quantitative estimate of drug-likeness (QED) is 0.640. The smallest absolute Gasteiger partial charge is 0.191 e. The van der Waals surface area contributed by atoms with Crippen LogP contribution in [-0.4, -0.2) is 43.3 Å². The normalized spacial score (nSPS) is 15.0. The Morgan fingerprint density at radius 3 is 2.91 bits per heavy atom. The molecular formula is C14H19N5OS2. The van der Waals surface area contributed by atoms with Crippen LogP contribution in [0.2, 0.25) is 0 Å². The molecule has 0 aromatic carbocycles. The third kappa shape index (κ3) is 3.45. The highest BCUT2D eigenvalue weighted by Crippen LogP contribution is 2.32. The number of nitrogen functional groups attached to an aromatic ring is 1. The van der Waals surface area contributed by atoms with Crippen molar-refractivity contribution in [3.63, 3.8) is 0 Å². The van der Waals surface area contributed by atoms with E-state index in [0.717, 1.165) is 29.8 Å². The Balaban J connectivity index is 1.83. The van der Waals surface area contributed by atoms with E-state index in [1.165, 1.54) is 4.88 Å². The Kier molecular flexibility index (Phi) is 5.01. The van der Waals surface area contributed by atoms with Crippen LogP contribution in [0, 0.1) is 0 Å². The number of hydrogen-bond acceptors (Lipinski definition) is 8. The molecule has 3 N–H and O–H groups in total. The summed E-state index contributed by atoms with van der Waals surface area (Å²) >= 11 is 3.37. The summed E-state index contributed by atoms with van der Waals surface area (Å²) in [5, 5.41) is 5.89. The lowest BCUT2D eigenvalue weighted by molar-refractivity contribution is 0.122. The number of thioether (sulfide) groups is 1. The lowest BCUT2D eigenvalue weighted by atomic mass is 10.3. The predicted molar refractivity (Wildman–Crippen MR) is 92.9 cm³/mol. The van der Waals surface area contributed by atoms with Crippen LogP contribution >= 0.6 is 23.1 Å². The molecule has 8 heteroatoms. The molecule has 0 unspecified atom stereocenters. The van der Waals surface area contributed by atoms with E-state index in [0.29, 0.717) is 24.7 Å². The van der Waals surface area contributed by atoms with Gasteiger partial charge in [0.15, 0.2) is 16.8 Å². The van der Waals surface area contributed by atoms with E-state index in [-0.39, 0.29) is 0 Å². The maximum atomic E-state index is 6.21. The van der Waals surface area contributed by atoms with Crippen LogP contribution < -0.4 is 16.0 Å². The van der Waals surface area contributed by atoms with Crippen LogP contribution in [0.4, 0.5) is 17.3 Å². The number of nitrogens with two attached hydrogens (primary N) is 1. The Bertz CT molecular complexity index is 614. The predicted octanol–water partition coefficient (Wildman–Crippen LogP) is 2.29. The van der Waals surface area contributed by atoms with Gasteiger partial charge >= 0.3 is 0 Å². The van der Waals surface area contributed by atoms with Crippen molar-refractivity contribution in [1.82, 2.24) is 9.97 Å². The van der Waals surface area contributed by atoms with Gasteiger partial charge in [-0.25, -0.2) is 9.97 Å². The van der Waals surface area contributed by atoms with Crippen molar-refractivity contribution in [1.29, 1.82) is 0 Å². The van der Waals surface area contributed by atoms with Crippen molar-refractivity contribution in [3.8, 4) is 0 Å². The second-order valence-corrected chi connectivity index (χ2v) is 6.78. The zero-order valence-electron chi connectivity index (χ0n) is 12.4. The number of anilines is 3. The van der Waals surface area contributed by atoms with E-state index in [1.54, 1.807) is 23.1 Å². The Labute approximate surface area is 138 Å². The standard InChI is InChI=1S/C14H19N5OS2/c1-16-12-11(15)13(19-4-6-20-7-5-19)18-14(17-12)22-9-10-3-2-8-21-10/h2-3,8H,4-7,9,15H2,1H3,(H,16,17,18). The maximum absolute atomic E-state index is 6.21. The number of rotatable bonds is 5. The second-order valence-electron chi connectivity index (χ2n) is 4.81. The van der Waals surface area contributed by atoms with Crippen molar-refractivity contribution in [3.05, 3.63) is 22.4 Å². The first-order valence-corrected chi connectivity index (χ1v) is 8.97. The summed E-state index contributed by atoms with van der Waals surface area (Å²) in [5.74, 6) is 2.36. The number of nitrogens with one attached hydrogen (secondary N) is 1. The van der Waals surface area contributed by atoms with Gasteiger partial charge in [0, 0.05) is 30.8 Å². The Morgan fingerprint density at radius 1 is 1.41 bits per heavy atom. The van der Waals surface area contributed by atoms with Crippen LogP contribution in [0.1, 0.15) is 4.88 Å². The fourth-order valence-corrected chi connectivity index (χ4v) is 3.85. The summed E-state index contributed by atoms with van der Waals surface area (Å²) in [6.07, 6.45) is 0. The molecule has 2 aromatic rings. The third-order valence-electron chi connectivity index (χ3n) is 3.38.